The summed E-state index contributed by atoms with van der Waals surface area (Å²) in [5, 5.41) is 0. The largest absolute Gasteiger partial charge is 0.246 e. The standard InChI is InChI=1S/C7H13FO2S/c1-3-7(2)5-11(9,10)4-6(7)8/h6H,3-5H2,1-2H3. The van der Waals surface area contributed by atoms with Crippen LogP contribution < -0.4 is 0 Å². The molecule has 0 aliphatic carbocycles. The Labute approximate surface area is 66.7 Å². The van der Waals surface area contributed by atoms with E-state index in [2.05, 4.69) is 0 Å². The van der Waals surface area contributed by atoms with Gasteiger partial charge in [0.2, 0.25) is 0 Å². The third-order valence-corrected chi connectivity index (χ3v) is 4.41. The van der Waals surface area contributed by atoms with E-state index in [1.807, 2.05) is 6.92 Å². The SMILES string of the molecule is CCC1(C)CS(=O)(=O)CC1F. The van der Waals surface area contributed by atoms with Gasteiger partial charge in [-0.1, -0.05) is 13.8 Å². The lowest BCUT2D eigenvalue weighted by molar-refractivity contribution is 0.176. The van der Waals surface area contributed by atoms with Gasteiger partial charge in [0.15, 0.2) is 9.84 Å². The van der Waals surface area contributed by atoms with E-state index in [-0.39, 0.29) is 11.5 Å². The van der Waals surface area contributed by atoms with E-state index < -0.39 is 21.4 Å². The van der Waals surface area contributed by atoms with E-state index in [0.717, 1.165) is 0 Å². The van der Waals surface area contributed by atoms with Crippen LogP contribution in [0.25, 0.3) is 0 Å². The Kier molecular flexibility index (Phi) is 1.99. The first-order valence-electron chi connectivity index (χ1n) is 3.74. The first-order chi connectivity index (χ1) is 4.90. The molecule has 0 radical (unpaired) electrons. The topological polar surface area (TPSA) is 34.1 Å². The van der Waals surface area contributed by atoms with Crippen LogP contribution in [0.15, 0.2) is 0 Å². The van der Waals surface area contributed by atoms with Crippen molar-refractivity contribution in [2.45, 2.75) is 26.4 Å². The Morgan fingerprint density at radius 2 is 2.18 bits per heavy atom. The van der Waals surface area contributed by atoms with Gasteiger partial charge in [0, 0.05) is 5.41 Å². The van der Waals surface area contributed by atoms with Crippen molar-refractivity contribution in [1.82, 2.24) is 0 Å². The fraction of sp³-hybridized carbons (Fsp3) is 1.00. The Hall–Kier alpha value is -0.120. The zero-order valence-corrected chi connectivity index (χ0v) is 7.62. The van der Waals surface area contributed by atoms with Crippen molar-refractivity contribution < 1.29 is 12.8 Å². The molecule has 1 heterocycles. The molecule has 4 heteroatoms. The maximum absolute atomic E-state index is 13.1. The van der Waals surface area contributed by atoms with Crippen LogP contribution in [-0.4, -0.2) is 26.1 Å². The molecule has 0 amide bonds. The molecule has 1 saturated heterocycles. The first kappa shape index (κ1) is 8.97. The molecule has 1 rings (SSSR count). The maximum atomic E-state index is 13.1. The molecular formula is C7H13FO2S. The number of sulfone groups is 1. The van der Waals surface area contributed by atoms with Gasteiger partial charge in [-0.05, 0) is 6.42 Å². The highest BCUT2D eigenvalue weighted by Crippen LogP contribution is 2.37. The van der Waals surface area contributed by atoms with Gasteiger partial charge in [-0.15, -0.1) is 0 Å². The van der Waals surface area contributed by atoms with Gasteiger partial charge in [0.05, 0.1) is 11.5 Å². The molecule has 0 aromatic rings. The van der Waals surface area contributed by atoms with Crippen molar-refractivity contribution in [2.24, 2.45) is 5.41 Å². The van der Waals surface area contributed by atoms with Crippen LogP contribution in [0.2, 0.25) is 0 Å². The molecule has 66 valence electrons. The number of halogens is 1. The molecular weight excluding hydrogens is 167 g/mol. The normalized spacial score (nSPS) is 42.6. The number of alkyl halides is 1. The molecule has 2 unspecified atom stereocenters. The summed E-state index contributed by atoms with van der Waals surface area (Å²) in [7, 11) is -3.09. The Morgan fingerprint density at radius 3 is 2.36 bits per heavy atom. The fourth-order valence-corrected chi connectivity index (χ4v) is 3.76. The van der Waals surface area contributed by atoms with Crippen LogP contribution in [0.1, 0.15) is 20.3 Å². The highest BCUT2D eigenvalue weighted by Gasteiger charge is 2.46. The monoisotopic (exact) mass is 180 g/mol. The predicted octanol–water partition coefficient (Wildman–Crippen LogP) is 1.17. The van der Waals surface area contributed by atoms with Crippen molar-refractivity contribution in [2.75, 3.05) is 11.5 Å². The Morgan fingerprint density at radius 1 is 1.64 bits per heavy atom. The molecule has 1 aliphatic heterocycles. The quantitative estimate of drug-likeness (QED) is 0.607. The minimum Gasteiger partial charge on any atom is -0.246 e. The van der Waals surface area contributed by atoms with Crippen molar-refractivity contribution in [1.29, 1.82) is 0 Å². The lowest BCUT2D eigenvalue weighted by atomic mass is 9.86. The lowest BCUT2D eigenvalue weighted by Gasteiger charge is -2.21. The number of rotatable bonds is 1. The molecule has 0 aromatic carbocycles. The van der Waals surface area contributed by atoms with Crippen LogP contribution >= 0.6 is 0 Å². The van der Waals surface area contributed by atoms with Crippen molar-refractivity contribution in [3.63, 3.8) is 0 Å². The smallest absolute Gasteiger partial charge is 0.153 e. The van der Waals surface area contributed by atoms with Gasteiger partial charge in [0.25, 0.3) is 0 Å². The van der Waals surface area contributed by atoms with Crippen LogP contribution in [0, 0.1) is 5.41 Å². The summed E-state index contributed by atoms with van der Waals surface area (Å²) < 4.78 is 35.0. The summed E-state index contributed by atoms with van der Waals surface area (Å²) in [5.74, 6) is -0.269. The molecule has 0 saturated carbocycles. The van der Waals surface area contributed by atoms with Gasteiger partial charge in [-0.2, -0.15) is 0 Å². The average molecular weight is 180 g/mol. The molecule has 0 spiro atoms. The van der Waals surface area contributed by atoms with E-state index in [1.54, 1.807) is 6.92 Å². The molecule has 0 aromatic heterocycles. The second-order valence-corrected chi connectivity index (χ2v) is 5.64. The minimum atomic E-state index is -3.09. The summed E-state index contributed by atoms with van der Waals surface area (Å²) in [5.41, 5.74) is -0.626. The van der Waals surface area contributed by atoms with Crippen LogP contribution in [-0.2, 0) is 9.84 Å². The summed E-state index contributed by atoms with van der Waals surface area (Å²) in [6, 6.07) is 0. The molecule has 1 fully saturated rings. The van der Waals surface area contributed by atoms with Crippen LogP contribution in [0.4, 0.5) is 4.39 Å². The van der Waals surface area contributed by atoms with Gasteiger partial charge >= 0.3 is 0 Å². The second kappa shape index (κ2) is 2.44. The highest BCUT2D eigenvalue weighted by molar-refractivity contribution is 7.91. The Balaban J connectivity index is 2.90. The van der Waals surface area contributed by atoms with Gasteiger partial charge in [-0.25, -0.2) is 12.8 Å². The third-order valence-electron chi connectivity index (χ3n) is 2.51. The summed E-state index contributed by atoms with van der Waals surface area (Å²) in [6.45, 7) is 3.52. The fourth-order valence-electron chi connectivity index (χ4n) is 1.40. The van der Waals surface area contributed by atoms with Crippen molar-refractivity contribution >= 4 is 9.84 Å². The van der Waals surface area contributed by atoms with E-state index in [9.17, 15) is 12.8 Å². The average Bonchev–Trinajstić information content (AvgIpc) is 2.03. The lowest BCUT2D eigenvalue weighted by Crippen LogP contribution is -2.26. The van der Waals surface area contributed by atoms with E-state index in [0.29, 0.717) is 6.42 Å². The van der Waals surface area contributed by atoms with Crippen LogP contribution in [0.3, 0.4) is 0 Å². The highest BCUT2D eigenvalue weighted by atomic mass is 32.2. The molecule has 1 aliphatic rings. The zero-order chi connectivity index (χ0) is 8.70. The van der Waals surface area contributed by atoms with Gasteiger partial charge in [-0.3, -0.25) is 0 Å². The zero-order valence-electron chi connectivity index (χ0n) is 6.80. The number of hydrogen-bond donors (Lipinski definition) is 0. The summed E-state index contributed by atoms with van der Waals surface area (Å²) in [4.78, 5) is 0. The van der Waals surface area contributed by atoms with E-state index >= 15 is 0 Å². The maximum Gasteiger partial charge on any atom is 0.153 e. The van der Waals surface area contributed by atoms with Crippen molar-refractivity contribution in [3.8, 4) is 0 Å². The van der Waals surface area contributed by atoms with Crippen LogP contribution in [0.5, 0.6) is 0 Å². The predicted molar refractivity (Wildman–Crippen MR) is 41.9 cm³/mol. The molecule has 0 bridgehead atoms. The molecule has 0 N–H and O–H groups in total. The summed E-state index contributed by atoms with van der Waals surface area (Å²) >= 11 is 0. The third kappa shape index (κ3) is 1.55. The molecule has 2 nitrogen and oxygen atoms in total. The summed E-state index contributed by atoms with van der Waals surface area (Å²) in [6.07, 6.45) is -0.578. The number of hydrogen-bond acceptors (Lipinski definition) is 2. The second-order valence-electron chi connectivity index (χ2n) is 3.53. The van der Waals surface area contributed by atoms with Gasteiger partial charge in [0.1, 0.15) is 6.17 Å². The van der Waals surface area contributed by atoms with Gasteiger partial charge < -0.3 is 0 Å². The van der Waals surface area contributed by atoms with E-state index in [4.69, 9.17) is 0 Å². The minimum absolute atomic E-state index is 0.0116. The molecule has 2 atom stereocenters. The first-order valence-corrected chi connectivity index (χ1v) is 5.56. The van der Waals surface area contributed by atoms with E-state index in [1.165, 1.54) is 0 Å². The van der Waals surface area contributed by atoms with Crippen molar-refractivity contribution in [3.05, 3.63) is 0 Å². The Bertz CT molecular complexity index is 247. The molecule has 11 heavy (non-hydrogen) atoms.